The second-order valence-corrected chi connectivity index (χ2v) is 30.3. The van der Waals surface area contributed by atoms with Crippen LogP contribution >= 0.6 is 0 Å². The maximum atomic E-state index is 8.36. The van der Waals surface area contributed by atoms with Gasteiger partial charge >= 0.3 is 0 Å². The highest BCUT2D eigenvalue weighted by Crippen LogP contribution is 2.86. The number of nitrogens with zero attached hydrogens (tertiary/aromatic N) is 1. The Morgan fingerprint density at radius 3 is 0.736 bits per heavy atom. The standard InChI is InChI=1S/C82H13NO4/c1-84-8-6-10(85-2)9(11(7-8)86-3)4-5-12-81-77-70-63-52-41-33-23-19-13-14-16-18-17-15(13)22-25(23)37-43(41)54-55-44(37)42-30(22)28(17)35-34-29(18)31-24(16)27-26-20(14)21(19)32-36(33)49(52)58-56-40(32)38(26)46-39(27)47-45(31)51-48(34)57-50(35)53(42)64-66(55)75(74(77)65(54)63)79-72(64)69(57)73-62(51)60(47)67-59(46)61(56)71(68(58)70)78(81)76(67)80(73)82(79,81)87-83-12/h4-7H,1-3H3/b5-4+. The molecule has 5 heteroatoms. The van der Waals surface area contributed by atoms with Crippen LogP contribution in [-0.2, 0) is 15.9 Å². The summed E-state index contributed by atoms with van der Waals surface area (Å²) in [6, 6.07) is 3.98. The van der Waals surface area contributed by atoms with E-state index >= 15 is 0 Å². The van der Waals surface area contributed by atoms with Gasteiger partial charge in [0.25, 0.3) is 0 Å². The Kier molecular flexibility index (Phi) is 3.01. The zero-order valence-electron chi connectivity index (χ0n) is 44.9. The molecular weight excluding hydrogens is 1060 g/mol. The molecule has 0 saturated carbocycles. The van der Waals surface area contributed by atoms with Gasteiger partial charge in [0.1, 0.15) is 22.7 Å². The van der Waals surface area contributed by atoms with E-state index in [9.17, 15) is 0 Å². The molecule has 0 amide bonds. The third-order valence-electron chi connectivity index (χ3n) is 29.8. The van der Waals surface area contributed by atoms with Gasteiger partial charge in [-0.15, -0.1) is 0 Å². The summed E-state index contributed by atoms with van der Waals surface area (Å²) in [5.74, 6) is 2.09. The van der Waals surface area contributed by atoms with Crippen LogP contribution in [0.1, 0.15) is 27.8 Å². The fraction of sp³-hybridized carbons (Fsp3) is 0.0610. The molecule has 0 radical (unpaired) electrons. The fourth-order valence-corrected chi connectivity index (χ4v) is 29.2. The minimum absolute atomic E-state index is 0.694. The van der Waals surface area contributed by atoms with Crippen molar-refractivity contribution >= 4 is 357 Å². The average molecular weight is 1080 g/mol. The van der Waals surface area contributed by atoms with Gasteiger partial charge in [0.05, 0.1) is 32.6 Å². The van der Waals surface area contributed by atoms with Crippen molar-refractivity contribution in [2.75, 3.05) is 21.3 Å². The molecule has 5 aliphatic rings. The number of rotatable bonds is 5. The van der Waals surface area contributed by atoms with Gasteiger partial charge in [0, 0.05) is 23.3 Å². The Bertz CT molecular complexity index is 9450. The average Bonchev–Trinajstić information content (AvgIpc) is 1.39. The lowest BCUT2D eigenvalue weighted by Crippen LogP contribution is -2.52. The zero-order valence-corrected chi connectivity index (χ0v) is 44.9. The summed E-state index contributed by atoms with van der Waals surface area (Å²) in [6.45, 7) is 0. The normalized spacial score (nSPS) is 21.0. The summed E-state index contributed by atoms with van der Waals surface area (Å²) in [7, 11) is 5.23. The van der Waals surface area contributed by atoms with Crippen LogP contribution in [0.3, 0.4) is 0 Å². The summed E-state index contributed by atoms with van der Waals surface area (Å²) in [5, 5.41) is 107. The summed E-state index contributed by atoms with van der Waals surface area (Å²) >= 11 is 0. The Hall–Kier alpha value is -11.0. The first kappa shape index (κ1) is 33.5. The molecule has 2 atom stereocenters. The van der Waals surface area contributed by atoms with Crippen LogP contribution in [0.25, 0.3) is 351 Å². The van der Waals surface area contributed by atoms with E-state index in [0.717, 1.165) is 11.3 Å². The lowest BCUT2D eigenvalue weighted by Gasteiger charge is -2.46. The van der Waals surface area contributed by atoms with Crippen molar-refractivity contribution in [1.82, 2.24) is 0 Å². The molecule has 0 saturated heterocycles. The van der Waals surface area contributed by atoms with Crippen LogP contribution in [0.4, 0.5) is 0 Å². The number of hydrogen-bond acceptors (Lipinski definition) is 5. The summed E-state index contributed by atoms with van der Waals surface area (Å²) in [4.78, 5) is 8.36. The second-order valence-electron chi connectivity index (χ2n) is 30.3. The molecule has 370 valence electrons. The van der Waals surface area contributed by atoms with Crippen molar-refractivity contribution < 1.29 is 19.0 Å². The molecule has 0 aromatic heterocycles. The molecule has 1 aliphatic heterocycles. The highest BCUT2D eigenvalue weighted by molar-refractivity contribution is 6.84. The van der Waals surface area contributed by atoms with E-state index in [1.54, 1.807) is 301 Å². The smallest absolute Gasteiger partial charge is 0.209 e. The fourth-order valence-electron chi connectivity index (χ4n) is 29.2. The van der Waals surface area contributed by atoms with Crippen LogP contribution in [0.15, 0.2) is 23.4 Å². The predicted molar refractivity (Wildman–Crippen MR) is 361 cm³/mol. The van der Waals surface area contributed by atoms with Gasteiger partial charge in [-0.3, -0.25) is 0 Å². The lowest BCUT2D eigenvalue weighted by atomic mass is 9.54. The molecule has 2 unspecified atom stereocenters. The first-order valence-electron chi connectivity index (χ1n) is 31.5. The molecule has 34 aromatic carbocycles. The monoisotopic (exact) mass is 1080 g/mol. The van der Waals surface area contributed by atoms with Crippen molar-refractivity contribution in [1.29, 1.82) is 0 Å². The summed E-state index contributed by atoms with van der Waals surface area (Å²) in [6.07, 6.45) is 4.62. The molecule has 1 heterocycles. The van der Waals surface area contributed by atoms with Crippen LogP contribution in [0.2, 0.25) is 0 Å². The quantitative estimate of drug-likeness (QED) is 0.127. The van der Waals surface area contributed by atoms with Gasteiger partial charge in [-0.05, 0) is 368 Å². The van der Waals surface area contributed by atoms with Gasteiger partial charge in [0.2, 0.25) is 5.60 Å². The van der Waals surface area contributed by atoms with Gasteiger partial charge in [-0.25, -0.2) is 0 Å². The van der Waals surface area contributed by atoms with Crippen molar-refractivity contribution in [3.05, 3.63) is 46.0 Å². The van der Waals surface area contributed by atoms with Gasteiger partial charge in [-0.1, -0.05) is 5.16 Å². The van der Waals surface area contributed by atoms with E-state index in [2.05, 4.69) is 12.2 Å². The third kappa shape index (κ3) is 1.88. The Morgan fingerprint density at radius 2 is 0.460 bits per heavy atom. The van der Waals surface area contributed by atoms with E-state index in [0.29, 0.717) is 17.2 Å². The second kappa shape index (κ2) is 7.83. The Morgan fingerprint density at radius 1 is 0.253 bits per heavy atom. The number of hydrogen-bond donors (Lipinski definition) is 0. The van der Waals surface area contributed by atoms with E-state index in [-0.39, 0.29) is 0 Å². The number of ether oxygens (including phenoxy) is 3. The van der Waals surface area contributed by atoms with Crippen LogP contribution in [0.5, 0.6) is 17.2 Å². The largest absolute Gasteiger partial charge is 0.496 e. The molecule has 0 N–H and O–H groups in total. The molecule has 39 rings (SSSR count). The lowest BCUT2D eigenvalue weighted by molar-refractivity contribution is -0.00971. The molecular formula is C82H13NO4. The van der Waals surface area contributed by atoms with Gasteiger partial charge in [0.15, 0.2) is 0 Å². The molecule has 34 aromatic rings. The number of methoxy groups -OCH3 is 3. The van der Waals surface area contributed by atoms with Crippen LogP contribution in [0, 0.1) is 0 Å². The first-order valence-corrected chi connectivity index (χ1v) is 31.5. The minimum atomic E-state index is -1.00. The van der Waals surface area contributed by atoms with Gasteiger partial charge < -0.3 is 19.0 Å². The van der Waals surface area contributed by atoms with Crippen LogP contribution < -0.4 is 14.2 Å². The maximum Gasteiger partial charge on any atom is 0.209 e. The summed E-state index contributed by atoms with van der Waals surface area (Å²) < 4.78 is 18.4. The van der Waals surface area contributed by atoms with Crippen molar-refractivity contribution in [3.8, 4) is 17.2 Å². The molecule has 5 nitrogen and oxygen atoms in total. The number of oxime groups is 1. The van der Waals surface area contributed by atoms with E-state index in [1.165, 1.54) is 86.9 Å². The number of benzene rings is 23. The predicted octanol–water partition coefficient (Wildman–Crippen LogP) is 21.3. The number of allylic oxidation sites excluding steroid dienone is 1. The maximum absolute atomic E-state index is 8.36. The topological polar surface area (TPSA) is 49.3 Å². The molecule has 87 heavy (non-hydrogen) atoms. The van der Waals surface area contributed by atoms with Crippen molar-refractivity contribution in [2.45, 2.75) is 11.0 Å². The molecule has 2 spiro atoms. The first-order chi connectivity index (χ1) is 43.3. The van der Waals surface area contributed by atoms with E-state index in [1.807, 2.05) is 12.1 Å². The van der Waals surface area contributed by atoms with Crippen molar-refractivity contribution in [2.24, 2.45) is 5.16 Å². The van der Waals surface area contributed by atoms with E-state index in [4.69, 9.17) is 24.2 Å². The minimum Gasteiger partial charge on any atom is -0.496 e. The SMILES string of the molecule is COc1cc(OC)c(/C=C/C2=NOC34c5c6c7c8c9c%10c(c%11c%12c3c3c%13c5c5c%14c6c6c8c8c9c9c%15c%10c%11c%10c%11c%12c3c3c%12c%13c%13c5c5c%14c%14c6c6c8c8c9c9c%15c%10c%10c%11c3c3c%11c%12c%13c%12c5c5c%14c6c6c8c8c9c%10c3c3c%11c%12c5c6c83)C274)c(OC)c1. The zero-order chi connectivity index (χ0) is 52.5. The Labute approximate surface area is 473 Å². The summed E-state index contributed by atoms with van der Waals surface area (Å²) in [5.41, 5.74) is 5.85. The van der Waals surface area contributed by atoms with E-state index < -0.39 is 11.0 Å². The molecule has 0 fully saturated rings. The van der Waals surface area contributed by atoms with Gasteiger partial charge in [-0.2, -0.15) is 0 Å². The Balaban J connectivity index is 1.00. The van der Waals surface area contributed by atoms with Crippen LogP contribution in [-0.4, -0.2) is 27.0 Å². The highest BCUT2D eigenvalue weighted by Gasteiger charge is 2.76. The third-order valence-corrected chi connectivity index (χ3v) is 29.8. The highest BCUT2D eigenvalue weighted by atomic mass is 16.7. The van der Waals surface area contributed by atoms with Crippen molar-refractivity contribution in [3.63, 3.8) is 0 Å². The molecule has 4 aliphatic carbocycles. The molecule has 0 bridgehead atoms.